The molecule has 106 valence electrons. The van der Waals surface area contributed by atoms with Gasteiger partial charge in [0.25, 0.3) is 0 Å². The number of para-hydroxylation sites is 1. The molecule has 0 unspecified atom stereocenters. The number of halogens is 1. The van der Waals surface area contributed by atoms with Crippen molar-refractivity contribution < 1.29 is 14.2 Å². The number of benzene rings is 1. The Labute approximate surface area is 123 Å². The van der Waals surface area contributed by atoms with Crippen molar-refractivity contribution in [2.45, 2.75) is 12.8 Å². The molecule has 0 aliphatic heterocycles. The molecule has 1 aromatic heterocycles. The Morgan fingerprint density at radius 3 is 2.30 bits per heavy atom. The lowest BCUT2D eigenvalue weighted by molar-refractivity contribution is 0.341. The Balaban J connectivity index is 2.39. The van der Waals surface area contributed by atoms with Gasteiger partial charge in [-0.2, -0.15) is 0 Å². The molecule has 0 amide bonds. The standard InChI is InChI=1S/C15H16ClNO3/c1-10-7-11(8-16)9-17-15(10)20-14-12(18-2)5-4-6-13(14)19-3/h4-7,9H,8H2,1-3H3. The van der Waals surface area contributed by atoms with E-state index in [0.29, 0.717) is 29.0 Å². The van der Waals surface area contributed by atoms with E-state index in [2.05, 4.69) is 4.98 Å². The third-order valence-corrected chi connectivity index (χ3v) is 3.13. The molecule has 1 heterocycles. The van der Waals surface area contributed by atoms with Crippen LogP contribution in [-0.4, -0.2) is 19.2 Å². The normalized spacial score (nSPS) is 10.2. The zero-order valence-electron chi connectivity index (χ0n) is 11.6. The fourth-order valence-electron chi connectivity index (χ4n) is 1.81. The molecule has 0 saturated carbocycles. The van der Waals surface area contributed by atoms with Gasteiger partial charge in [0.15, 0.2) is 11.5 Å². The second-order valence-electron chi connectivity index (χ2n) is 4.19. The van der Waals surface area contributed by atoms with Gasteiger partial charge in [-0.1, -0.05) is 6.07 Å². The van der Waals surface area contributed by atoms with E-state index in [4.69, 9.17) is 25.8 Å². The van der Waals surface area contributed by atoms with Crippen LogP contribution < -0.4 is 14.2 Å². The molecule has 1 aromatic carbocycles. The third kappa shape index (κ3) is 2.96. The van der Waals surface area contributed by atoms with Crippen LogP contribution in [0.15, 0.2) is 30.5 Å². The molecule has 20 heavy (non-hydrogen) atoms. The van der Waals surface area contributed by atoms with Crippen LogP contribution in [-0.2, 0) is 5.88 Å². The fourth-order valence-corrected chi connectivity index (χ4v) is 1.96. The first-order valence-electron chi connectivity index (χ1n) is 6.10. The summed E-state index contributed by atoms with van der Waals surface area (Å²) >= 11 is 5.79. The number of ether oxygens (including phenoxy) is 3. The molecule has 0 atom stereocenters. The van der Waals surface area contributed by atoms with Crippen LogP contribution in [0.3, 0.4) is 0 Å². The van der Waals surface area contributed by atoms with E-state index >= 15 is 0 Å². The summed E-state index contributed by atoms with van der Waals surface area (Å²) in [5, 5.41) is 0. The van der Waals surface area contributed by atoms with Gasteiger partial charge in [0.1, 0.15) is 0 Å². The number of aryl methyl sites for hydroxylation is 1. The maximum absolute atomic E-state index is 5.85. The number of nitrogens with zero attached hydrogens (tertiary/aromatic N) is 1. The molecule has 4 nitrogen and oxygen atoms in total. The Morgan fingerprint density at radius 2 is 1.80 bits per heavy atom. The lowest BCUT2D eigenvalue weighted by atomic mass is 10.2. The van der Waals surface area contributed by atoms with Crippen molar-refractivity contribution in [3.63, 3.8) is 0 Å². The summed E-state index contributed by atoms with van der Waals surface area (Å²) in [7, 11) is 3.16. The maximum atomic E-state index is 5.85. The Morgan fingerprint density at radius 1 is 1.15 bits per heavy atom. The van der Waals surface area contributed by atoms with E-state index in [1.165, 1.54) is 0 Å². The maximum Gasteiger partial charge on any atom is 0.222 e. The molecule has 0 aliphatic carbocycles. The molecule has 0 aliphatic rings. The van der Waals surface area contributed by atoms with Gasteiger partial charge in [0.05, 0.1) is 14.2 Å². The van der Waals surface area contributed by atoms with E-state index in [0.717, 1.165) is 11.1 Å². The molecule has 0 saturated heterocycles. The zero-order valence-corrected chi connectivity index (χ0v) is 12.4. The van der Waals surface area contributed by atoms with E-state index in [1.54, 1.807) is 32.5 Å². The van der Waals surface area contributed by atoms with Crippen molar-refractivity contribution in [3.05, 3.63) is 41.6 Å². The number of aromatic nitrogens is 1. The van der Waals surface area contributed by atoms with Crippen LogP contribution in [0, 0.1) is 6.92 Å². The van der Waals surface area contributed by atoms with Gasteiger partial charge in [-0.3, -0.25) is 0 Å². The summed E-state index contributed by atoms with van der Waals surface area (Å²) < 4.78 is 16.4. The first-order chi connectivity index (χ1) is 9.69. The molecule has 0 fully saturated rings. The first-order valence-corrected chi connectivity index (χ1v) is 6.63. The highest BCUT2D eigenvalue weighted by Crippen LogP contribution is 2.40. The molecule has 0 spiro atoms. The predicted molar refractivity (Wildman–Crippen MR) is 78.2 cm³/mol. The molecular formula is C15H16ClNO3. The number of alkyl halides is 1. The number of pyridine rings is 1. The lowest BCUT2D eigenvalue weighted by Gasteiger charge is -2.14. The third-order valence-electron chi connectivity index (χ3n) is 2.82. The van der Waals surface area contributed by atoms with E-state index in [1.807, 2.05) is 19.1 Å². The minimum Gasteiger partial charge on any atom is -0.493 e. The predicted octanol–water partition coefficient (Wildman–Crippen LogP) is 3.94. The van der Waals surface area contributed by atoms with Gasteiger partial charge in [-0.25, -0.2) is 4.98 Å². The van der Waals surface area contributed by atoms with E-state index in [-0.39, 0.29) is 0 Å². The van der Waals surface area contributed by atoms with Gasteiger partial charge in [-0.05, 0) is 30.7 Å². The molecule has 0 N–H and O–H groups in total. The molecular weight excluding hydrogens is 278 g/mol. The SMILES string of the molecule is COc1cccc(OC)c1Oc1ncc(CCl)cc1C. The molecule has 2 aromatic rings. The molecule has 0 bridgehead atoms. The minimum absolute atomic E-state index is 0.423. The average molecular weight is 294 g/mol. The summed E-state index contributed by atoms with van der Waals surface area (Å²) in [6.45, 7) is 1.92. The summed E-state index contributed by atoms with van der Waals surface area (Å²) in [6.07, 6.45) is 1.69. The monoisotopic (exact) mass is 293 g/mol. The van der Waals surface area contributed by atoms with E-state index in [9.17, 15) is 0 Å². The molecule has 2 rings (SSSR count). The topological polar surface area (TPSA) is 40.6 Å². The van der Waals surface area contributed by atoms with Crippen molar-refractivity contribution in [2.24, 2.45) is 0 Å². The van der Waals surface area contributed by atoms with Crippen molar-refractivity contribution in [1.82, 2.24) is 4.98 Å². The Hall–Kier alpha value is -1.94. The number of rotatable bonds is 5. The fraction of sp³-hybridized carbons (Fsp3) is 0.267. The van der Waals surface area contributed by atoms with Crippen molar-refractivity contribution in [1.29, 1.82) is 0 Å². The Kier molecular flexibility index (Phi) is 4.69. The van der Waals surface area contributed by atoms with Crippen LogP contribution >= 0.6 is 11.6 Å². The van der Waals surface area contributed by atoms with Crippen LogP contribution in [0.1, 0.15) is 11.1 Å². The van der Waals surface area contributed by atoms with E-state index < -0.39 is 0 Å². The smallest absolute Gasteiger partial charge is 0.222 e. The van der Waals surface area contributed by atoms with Crippen LogP contribution in [0.25, 0.3) is 0 Å². The second-order valence-corrected chi connectivity index (χ2v) is 4.46. The van der Waals surface area contributed by atoms with Gasteiger partial charge in [0.2, 0.25) is 11.6 Å². The van der Waals surface area contributed by atoms with Gasteiger partial charge >= 0.3 is 0 Å². The number of hydrogen-bond donors (Lipinski definition) is 0. The van der Waals surface area contributed by atoms with Crippen molar-refractivity contribution in [2.75, 3.05) is 14.2 Å². The van der Waals surface area contributed by atoms with Gasteiger partial charge in [0, 0.05) is 17.6 Å². The van der Waals surface area contributed by atoms with Gasteiger partial charge < -0.3 is 14.2 Å². The Bertz CT molecular complexity index is 579. The van der Waals surface area contributed by atoms with Crippen LogP contribution in [0.5, 0.6) is 23.1 Å². The quantitative estimate of drug-likeness (QED) is 0.783. The largest absolute Gasteiger partial charge is 0.493 e. The first kappa shape index (κ1) is 14.5. The highest BCUT2D eigenvalue weighted by Gasteiger charge is 2.14. The summed E-state index contributed by atoms with van der Waals surface area (Å²) in [6, 6.07) is 7.39. The second kappa shape index (κ2) is 6.48. The minimum atomic E-state index is 0.423. The van der Waals surface area contributed by atoms with Crippen molar-refractivity contribution in [3.8, 4) is 23.1 Å². The number of methoxy groups -OCH3 is 2. The summed E-state index contributed by atoms with van der Waals surface area (Å²) in [5.41, 5.74) is 1.85. The van der Waals surface area contributed by atoms with Crippen LogP contribution in [0.4, 0.5) is 0 Å². The van der Waals surface area contributed by atoms with Crippen LogP contribution in [0.2, 0.25) is 0 Å². The van der Waals surface area contributed by atoms with Gasteiger partial charge in [-0.15, -0.1) is 11.6 Å². The molecule has 5 heteroatoms. The zero-order chi connectivity index (χ0) is 14.5. The van der Waals surface area contributed by atoms with Crippen molar-refractivity contribution >= 4 is 11.6 Å². The lowest BCUT2D eigenvalue weighted by Crippen LogP contribution is -1.97. The number of hydrogen-bond acceptors (Lipinski definition) is 4. The summed E-state index contributed by atoms with van der Waals surface area (Å²) in [4.78, 5) is 4.28. The highest BCUT2D eigenvalue weighted by molar-refractivity contribution is 6.17. The molecule has 0 radical (unpaired) electrons. The summed E-state index contributed by atoms with van der Waals surface area (Å²) in [5.74, 6) is 2.61. The average Bonchev–Trinajstić information content (AvgIpc) is 2.49. The highest BCUT2D eigenvalue weighted by atomic mass is 35.5.